The van der Waals surface area contributed by atoms with Crippen molar-refractivity contribution >= 4 is 10.2 Å². The van der Waals surface area contributed by atoms with Crippen LogP contribution in [0.25, 0.3) is 0 Å². The van der Waals surface area contributed by atoms with Gasteiger partial charge < -0.3 is 4.74 Å². The fourth-order valence-electron chi connectivity index (χ4n) is 4.72. The minimum absolute atomic E-state index is 0.0623. The van der Waals surface area contributed by atoms with Crippen LogP contribution in [-0.4, -0.2) is 55.9 Å². The number of hydrogen-bond acceptors (Lipinski definition) is 3. The Morgan fingerprint density at radius 3 is 2.67 bits per heavy atom. The molecule has 21 heavy (non-hydrogen) atoms. The van der Waals surface area contributed by atoms with E-state index < -0.39 is 10.2 Å². The van der Waals surface area contributed by atoms with Crippen molar-refractivity contribution in [2.45, 2.75) is 52.2 Å². The summed E-state index contributed by atoms with van der Waals surface area (Å²) in [5, 5.41) is 0. The van der Waals surface area contributed by atoms with E-state index in [-0.39, 0.29) is 17.6 Å². The molecule has 4 atom stereocenters. The van der Waals surface area contributed by atoms with Crippen LogP contribution >= 0.6 is 0 Å². The molecule has 2 heterocycles. The van der Waals surface area contributed by atoms with Crippen LogP contribution in [0, 0.1) is 17.3 Å². The van der Waals surface area contributed by atoms with Crippen molar-refractivity contribution < 1.29 is 13.2 Å². The van der Waals surface area contributed by atoms with Gasteiger partial charge >= 0.3 is 0 Å². The van der Waals surface area contributed by atoms with Gasteiger partial charge in [-0.2, -0.15) is 17.0 Å². The number of ether oxygens (including phenoxy) is 1. The monoisotopic (exact) mass is 316 g/mol. The fraction of sp³-hybridized carbons (Fsp3) is 1.00. The van der Waals surface area contributed by atoms with Gasteiger partial charge in [0.05, 0.1) is 6.10 Å². The van der Waals surface area contributed by atoms with Crippen LogP contribution in [0.3, 0.4) is 0 Å². The lowest BCUT2D eigenvalue weighted by Gasteiger charge is -2.57. The molecule has 0 unspecified atom stereocenters. The summed E-state index contributed by atoms with van der Waals surface area (Å²) in [5.74, 6) is 0.820. The largest absolute Gasteiger partial charge is 0.377 e. The summed E-state index contributed by atoms with van der Waals surface area (Å²) >= 11 is 0. The summed E-state index contributed by atoms with van der Waals surface area (Å²) in [6.45, 7) is 8.49. The summed E-state index contributed by atoms with van der Waals surface area (Å²) in [6.07, 6.45) is 3.30. The zero-order valence-electron chi connectivity index (χ0n) is 13.6. The second-order valence-electron chi connectivity index (χ2n) is 7.64. The van der Waals surface area contributed by atoms with Gasteiger partial charge in [0, 0.05) is 44.1 Å². The zero-order chi connectivity index (χ0) is 15.4. The van der Waals surface area contributed by atoms with Crippen LogP contribution in [0.4, 0.5) is 0 Å². The molecule has 6 heteroatoms. The molecular weight excluding hydrogens is 288 g/mol. The molecule has 0 aromatic carbocycles. The standard InChI is InChI=1S/C15H28N2O3S/c1-11-6-5-8-17(10-11)21(18,19)16(4)13-12-7-9-20-14(12)15(13,2)3/h11-14H,5-10H2,1-4H3/t11-,12-,13+,14-/m0/s1. The Morgan fingerprint density at radius 1 is 1.29 bits per heavy atom. The van der Waals surface area contributed by atoms with Gasteiger partial charge in [-0.05, 0) is 25.2 Å². The van der Waals surface area contributed by atoms with Crippen molar-refractivity contribution in [3.8, 4) is 0 Å². The van der Waals surface area contributed by atoms with Crippen molar-refractivity contribution in [3.05, 3.63) is 0 Å². The van der Waals surface area contributed by atoms with Gasteiger partial charge in [-0.25, -0.2) is 0 Å². The first kappa shape index (κ1) is 15.7. The first-order chi connectivity index (χ1) is 9.76. The summed E-state index contributed by atoms with van der Waals surface area (Å²) < 4.78 is 35.0. The van der Waals surface area contributed by atoms with E-state index >= 15 is 0 Å². The van der Waals surface area contributed by atoms with Crippen molar-refractivity contribution in [2.24, 2.45) is 17.3 Å². The number of piperidine rings is 1. The Morgan fingerprint density at radius 2 is 2.00 bits per heavy atom. The summed E-state index contributed by atoms with van der Waals surface area (Å²) in [5.41, 5.74) is -0.0929. The Hall–Kier alpha value is -0.170. The Labute approximate surface area is 128 Å². The lowest BCUT2D eigenvalue weighted by molar-refractivity contribution is -0.132. The highest BCUT2D eigenvalue weighted by Gasteiger charge is 2.62. The second-order valence-corrected chi connectivity index (χ2v) is 9.63. The van der Waals surface area contributed by atoms with E-state index in [0.29, 0.717) is 24.9 Å². The Kier molecular flexibility index (Phi) is 3.88. The fourth-order valence-corrected chi connectivity index (χ4v) is 6.60. The first-order valence-corrected chi connectivity index (χ1v) is 9.50. The van der Waals surface area contributed by atoms with Crippen LogP contribution in [0.2, 0.25) is 0 Å². The molecule has 5 nitrogen and oxygen atoms in total. The number of fused-ring (bicyclic) bond motifs is 1. The van der Waals surface area contributed by atoms with E-state index in [4.69, 9.17) is 4.74 Å². The number of hydrogen-bond donors (Lipinski definition) is 0. The molecule has 1 aliphatic carbocycles. The minimum atomic E-state index is -3.35. The van der Waals surface area contributed by atoms with Crippen molar-refractivity contribution in [3.63, 3.8) is 0 Å². The molecule has 0 bridgehead atoms. The Balaban J connectivity index is 1.79. The summed E-state index contributed by atoms with van der Waals surface area (Å²) in [7, 11) is -1.59. The highest BCUT2D eigenvalue weighted by Crippen LogP contribution is 2.54. The van der Waals surface area contributed by atoms with Gasteiger partial charge in [-0.3, -0.25) is 0 Å². The van der Waals surface area contributed by atoms with E-state index in [1.807, 2.05) is 0 Å². The maximum absolute atomic E-state index is 13.0. The van der Waals surface area contributed by atoms with Gasteiger partial charge in [-0.15, -0.1) is 0 Å². The maximum Gasteiger partial charge on any atom is 0.282 e. The predicted molar refractivity (Wildman–Crippen MR) is 82.1 cm³/mol. The zero-order valence-corrected chi connectivity index (χ0v) is 14.4. The van der Waals surface area contributed by atoms with Crippen molar-refractivity contribution in [1.29, 1.82) is 0 Å². The van der Waals surface area contributed by atoms with Gasteiger partial charge in [0.15, 0.2) is 0 Å². The summed E-state index contributed by atoms with van der Waals surface area (Å²) in [6, 6.07) is 0.0623. The normalized spacial score (nSPS) is 40.0. The lowest BCUT2D eigenvalue weighted by atomic mass is 9.57. The van der Waals surface area contributed by atoms with Gasteiger partial charge in [0.1, 0.15) is 0 Å². The van der Waals surface area contributed by atoms with E-state index in [2.05, 4.69) is 20.8 Å². The molecule has 2 aliphatic heterocycles. The molecule has 3 rings (SSSR count). The van der Waals surface area contributed by atoms with Crippen molar-refractivity contribution in [1.82, 2.24) is 8.61 Å². The van der Waals surface area contributed by atoms with Crippen LogP contribution in [0.1, 0.15) is 40.0 Å². The minimum Gasteiger partial charge on any atom is -0.377 e. The highest BCUT2D eigenvalue weighted by molar-refractivity contribution is 7.86. The van der Waals surface area contributed by atoms with Crippen LogP contribution in [0.15, 0.2) is 0 Å². The van der Waals surface area contributed by atoms with Gasteiger partial charge in [0.25, 0.3) is 10.2 Å². The maximum atomic E-state index is 13.0. The average Bonchev–Trinajstić information content (AvgIpc) is 2.84. The topological polar surface area (TPSA) is 49.9 Å². The third-order valence-corrected chi connectivity index (χ3v) is 7.68. The third-order valence-electron chi connectivity index (χ3n) is 5.74. The lowest BCUT2D eigenvalue weighted by Crippen LogP contribution is -2.68. The molecule has 1 saturated carbocycles. The second kappa shape index (κ2) is 5.18. The molecule has 3 aliphatic rings. The molecule has 0 aromatic rings. The van der Waals surface area contributed by atoms with E-state index in [9.17, 15) is 8.42 Å². The molecule has 0 N–H and O–H groups in total. The molecule has 0 spiro atoms. The van der Waals surface area contributed by atoms with Crippen LogP contribution in [0.5, 0.6) is 0 Å². The quantitative estimate of drug-likeness (QED) is 0.796. The molecule has 0 aromatic heterocycles. The SMILES string of the molecule is C[C@H]1CCCN(S(=O)(=O)N(C)[C@@H]2[C@@H]3CCO[C@@H]3C2(C)C)C1. The smallest absolute Gasteiger partial charge is 0.282 e. The van der Waals surface area contributed by atoms with E-state index in [0.717, 1.165) is 25.9 Å². The Bertz CT molecular complexity index is 505. The van der Waals surface area contributed by atoms with E-state index in [1.54, 1.807) is 15.7 Å². The number of rotatable bonds is 3. The summed E-state index contributed by atoms with van der Waals surface area (Å²) in [4.78, 5) is 0. The molecule has 0 amide bonds. The third kappa shape index (κ3) is 2.35. The van der Waals surface area contributed by atoms with Crippen LogP contribution in [-0.2, 0) is 14.9 Å². The molecule has 3 fully saturated rings. The molecule has 2 saturated heterocycles. The van der Waals surface area contributed by atoms with E-state index in [1.165, 1.54) is 0 Å². The molecule has 0 radical (unpaired) electrons. The van der Waals surface area contributed by atoms with Gasteiger partial charge in [0.2, 0.25) is 0 Å². The molecule has 122 valence electrons. The number of nitrogens with zero attached hydrogens (tertiary/aromatic N) is 2. The first-order valence-electron chi connectivity index (χ1n) is 8.11. The van der Waals surface area contributed by atoms with Gasteiger partial charge in [-0.1, -0.05) is 20.8 Å². The molecular formula is C15H28N2O3S. The van der Waals surface area contributed by atoms with Crippen LogP contribution < -0.4 is 0 Å². The highest BCUT2D eigenvalue weighted by atomic mass is 32.2. The van der Waals surface area contributed by atoms with Crippen molar-refractivity contribution in [2.75, 3.05) is 26.7 Å². The predicted octanol–water partition coefficient (Wildman–Crippen LogP) is 1.71. The average molecular weight is 316 g/mol.